The zero-order valence-electron chi connectivity index (χ0n) is 3.39. The molecule has 0 spiro atoms. The van der Waals surface area contributed by atoms with E-state index >= 15 is 0 Å². The fraction of sp³-hybridized carbons (Fsp3) is 1.00. The minimum atomic E-state index is -0.225. The summed E-state index contributed by atoms with van der Waals surface area (Å²) in [5.74, 6) is 0.574. The summed E-state index contributed by atoms with van der Waals surface area (Å²) in [6, 6.07) is 0. The minimum Gasteiger partial charge on any atom is -0.382 e. The van der Waals surface area contributed by atoms with Crippen molar-refractivity contribution in [2.45, 2.75) is 17.9 Å². The van der Waals surface area contributed by atoms with Crippen LogP contribution in [0.1, 0.15) is 12.8 Å². The Morgan fingerprint density at radius 3 is 2.17 bits per heavy atom. The number of aliphatic hydroxyl groups excluding tert-OH is 1. The Hall–Kier alpha value is 0.440. The maximum atomic E-state index is 8.61. The highest BCUT2D eigenvalue weighted by atomic mass is 79.9. The molecule has 1 unspecified atom stereocenters. The zero-order chi connectivity index (χ0) is 4.57. The second-order valence-corrected chi connectivity index (χ2v) is 2.65. The Labute approximate surface area is 45.5 Å². The van der Waals surface area contributed by atoms with Gasteiger partial charge in [0.25, 0.3) is 0 Å². The first-order valence-electron chi connectivity index (χ1n) is 2.13. The topological polar surface area (TPSA) is 20.2 Å². The fourth-order valence-corrected chi connectivity index (χ4v) is 0.900. The average molecular weight is 151 g/mol. The second-order valence-electron chi connectivity index (χ2n) is 1.71. The van der Waals surface area contributed by atoms with Gasteiger partial charge in [0, 0.05) is 0 Å². The van der Waals surface area contributed by atoms with Crippen LogP contribution in [-0.4, -0.2) is 10.1 Å². The molecule has 1 atom stereocenters. The van der Waals surface area contributed by atoms with E-state index in [1.165, 1.54) is 12.8 Å². The van der Waals surface area contributed by atoms with Crippen LogP contribution < -0.4 is 0 Å². The zero-order valence-corrected chi connectivity index (χ0v) is 4.98. The largest absolute Gasteiger partial charge is 0.382 e. The van der Waals surface area contributed by atoms with Crippen molar-refractivity contribution in [1.82, 2.24) is 0 Å². The number of hydrogen-bond donors (Lipinski definition) is 1. The maximum Gasteiger partial charge on any atom is 0.111 e. The van der Waals surface area contributed by atoms with E-state index in [1.807, 2.05) is 0 Å². The van der Waals surface area contributed by atoms with Crippen LogP contribution in [0.15, 0.2) is 0 Å². The van der Waals surface area contributed by atoms with Crippen molar-refractivity contribution in [3.05, 3.63) is 0 Å². The molecule has 1 saturated carbocycles. The molecule has 2 heteroatoms. The van der Waals surface area contributed by atoms with Crippen molar-refractivity contribution in [2.24, 2.45) is 5.92 Å². The number of hydrogen-bond acceptors (Lipinski definition) is 1. The van der Waals surface area contributed by atoms with E-state index in [2.05, 4.69) is 15.9 Å². The predicted molar refractivity (Wildman–Crippen MR) is 27.7 cm³/mol. The third-order valence-corrected chi connectivity index (χ3v) is 1.76. The van der Waals surface area contributed by atoms with Gasteiger partial charge >= 0.3 is 0 Å². The number of rotatable bonds is 1. The Morgan fingerprint density at radius 1 is 1.67 bits per heavy atom. The van der Waals surface area contributed by atoms with Gasteiger partial charge in [-0.3, -0.25) is 0 Å². The Balaban J connectivity index is 2.13. The van der Waals surface area contributed by atoms with Crippen molar-refractivity contribution in [3.63, 3.8) is 0 Å². The standard InChI is InChI=1S/C4H7BrO/c5-4(6)3-1-2-3/h3-4,6H,1-2H2. The molecule has 1 aliphatic rings. The molecule has 0 radical (unpaired) electrons. The summed E-state index contributed by atoms with van der Waals surface area (Å²) in [7, 11) is 0. The van der Waals surface area contributed by atoms with Gasteiger partial charge in [0.1, 0.15) is 5.01 Å². The van der Waals surface area contributed by atoms with E-state index in [4.69, 9.17) is 5.11 Å². The van der Waals surface area contributed by atoms with E-state index in [1.54, 1.807) is 0 Å². The molecule has 0 bridgehead atoms. The van der Waals surface area contributed by atoms with Gasteiger partial charge < -0.3 is 5.11 Å². The molecule has 1 nitrogen and oxygen atoms in total. The van der Waals surface area contributed by atoms with Gasteiger partial charge in [-0.15, -0.1) is 0 Å². The Bertz CT molecular complexity index is 49.5. The lowest BCUT2D eigenvalue weighted by Crippen LogP contribution is -1.94. The van der Waals surface area contributed by atoms with E-state index in [0.717, 1.165) is 0 Å². The summed E-state index contributed by atoms with van der Waals surface area (Å²) in [4.78, 5) is 0. The van der Waals surface area contributed by atoms with Crippen LogP contribution >= 0.6 is 15.9 Å². The van der Waals surface area contributed by atoms with Gasteiger partial charge in [0.2, 0.25) is 0 Å². The van der Waals surface area contributed by atoms with E-state index in [0.29, 0.717) is 5.92 Å². The highest BCUT2D eigenvalue weighted by molar-refractivity contribution is 9.09. The molecule has 0 aliphatic heterocycles. The van der Waals surface area contributed by atoms with Crippen LogP contribution in [0.4, 0.5) is 0 Å². The van der Waals surface area contributed by atoms with Crippen molar-refractivity contribution in [3.8, 4) is 0 Å². The lowest BCUT2D eigenvalue weighted by molar-refractivity contribution is 0.247. The van der Waals surface area contributed by atoms with Crippen LogP contribution in [-0.2, 0) is 0 Å². The van der Waals surface area contributed by atoms with Crippen molar-refractivity contribution < 1.29 is 5.11 Å². The monoisotopic (exact) mass is 150 g/mol. The lowest BCUT2D eigenvalue weighted by atomic mass is 10.5. The summed E-state index contributed by atoms with van der Waals surface area (Å²) in [5, 5.41) is 8.38. The Morgan fingerprint density at radius 2 is 2.17 bits per heavy atom. The molecule has 0 aromatic heterocycles. The van der Waals surface area contributed by atoms with Crippen molar-refractivity contribution in [1.29, 1.82) is 0 Å². The highest BCUT2D eigenvalue weighted by Crippen LogP contribution is 2.34. The molecule has 1 N–H and O–H groups in total. The smallest absolute Gasteiger partial charge is 0.111 e. The van der Waals surface area contributed by atoms with Crippen molar-refractivity contribution >= 4 is 15.9 Å². The first kappa shape index (κ1) is 4.60. The van der Waals surface area contributed by atoms with Crippen LogP contribution in [0, 0.1) is 5.92 Å². The van der Waals surface area contributed by atoms with Crippen LogP contribution in [0.25, 0.3) is 0 Å². The van der Waals surface area contributed by atoms with E-state index < -0.39 is 0 Å². The molecule has 0 heterocycles. The Kier molecular flexibility index (Phi) is 1.15. The van der Waals surface area contributed by atoms with Crippen LogP contribution in [0.2, 0.25) is 0 Å². The third kappa shape index (κ3) is 0.949. The second kappa shape index (κ2) is 1.51. The fourth-order valence-electron chi connectivity index (χ4n) is 0.371. The number of alkyl halides is 1. The highest BCUT2D eigenvalue weighted by Gasteiger charge is 2.27. The maximum absolute atomic E-state index is 8.61. The molecular weight excluding hydrogens is 144 g/mol. The van der Waals surface area contributed by atoms with Gasteiger partial charge in [-0.25, -0.2) is 0 Å². The lowest BCUT2D eigenvalue weighted by Gasteiger charge is -1.91. The van der Waals surface area contributed by atoms with Gasteiger partial charge in [-0.1, -0.05) is 15.9 Å². The quantitative estimate of drug-likeness (QED) is 0.556. The number of aliphatic hydroxyl groups is 1. The van der Waals surface area contributed by atoms with Gasteiger partial charge in [0.15, 0.2) is 0 Å². The van der Waals surface area contributed by atoms with Gasteiger partial charge in [-0.05, 0) is 18.8 Å². The molecule has 0 aromatic rings. The average Bonchev–Trinajstić information content (AvgIpc) is 2.06. The molecule has 1 rings (SSSR count). The summed E-state index contributed by atoms with van der Waals surface area (Å²) in [5.41, 5.74) is 0. The first-order chi connectivity index (χ1) is 2.80. The summed E-state index contributed by atoms with van der Waals surface area (Å²) in [6.07, 6.45) is 2.40. The molecule has 6 heavy (non-hydrogen) atoms. The van der Waals surface area contributed by atoms with Crippen molar-refractivity contribution in [2.75, 3.05) is 0 Å². The molecule has 36 valence electrons. The normalized spacial score (nSPS) is 27.0. The van der Waals surface area contributed by atoms with Gasteiger partial charge in [0.05, 0.1) is 0 Å². The van der Waals surface area contributed by atoms with E-state index in [9.17, 15) is 0 Å². The summed E-state index contributed by atoms with van der Waals surface area (Å²) < 4.78 is 0. The summed E-state index contributed by atoms with van der Waals surface area (Å²) in [6.45, 7) is 0. The SMILES string of the molecule is OC(Br)C1CC1. The number of halogens is 1. The first-order valence-corrected chi connectivity index (χ1v) is 3.04. The van der Waals surface area contributed by atoms with Gasteiger partial charge in [-0.2, -0.15) is 0 Å². The molecule has 0 aromatic carbocycles. The van der Waals surface area contributed by atoms with E-state index in [-0.39, 0.29) is 5.01 Å². The molecule has 1 aliphatic carbocycles. The minimum absolute atomic E-state index is 0.225. The molecule has 0 saturated heterocycles. The van der Waals surface area contributed by atoms with Crippen LogP contribution in [0.5, 0.6) is 0 Å². The molecule has 1 fully saturated rings. The third-order valence-electron chi connectivity index (χ3n) is 1.01. The van der Waals surface area contributed by atoms with Crippen LogP contribution in [0.3, 0.4) is 0 Å². The predicted octanol–water partition coefficient (Wildman–Crippen LogP) is 1.11. The summed E-state index contributed by atoms with van der Waals surface area (Å²) >= 11 is 3.06. The molecule has 0 amide bonds. The molecular formula is C4H7BrO.